The smallest absolute Gasteiger partial charge is 0.121 e. The first kappa shape index (κ1) is 11.6. The van der Waals surface area contributed by atoms with E-state index in [0.29, 0.717) is 5.69 Å². The van der Waals surface area contributed by atoms with Crippen molar-refractivity contribution in [2.75, 3.05) is 0 Å². The quantitative estimate of drug-likeness (QED) is 0.812. The highest BCUT2D eigenvalue weighted by atomic mass is 16.3. The molecule has 1 atom stereocenters. The summed E-state index contributed by atoms with van der Waals surface area (Å²) in [6, 6.07) is 13.4. The summed E-state index contributed by atoms with van der Waals surface area (Å²) in [5.74, 6) is 0. The van der Waals surface area contributed by atoms with Gasteiger partial charge in [-0.3, -0.25) is 4.98 Å². The molecule has 1 aromatic carbocycles. The predicted octanol–water partition coefficient (Wildman–Crippen LogP) is 2.89. The molecule has 2 nitrogen and oxygen atoms in total. The Balaban J connectivity index is 2.37. The SMILES string of the molecule is C=CCc1ccccc1C(O)c1ccccn1. The van der Waals surface area contributed by atoms with E-state index >= 15 is 0 Å². The van der Waals surface area contributed by atoms with Gasteiger partial charge in [0.15, 0.2) is 0 Å². The lowest BCUT2D eigenvalue weighted by Crippen LogP contribution is -2.05. The van der Waals surface area contributed by atoms with Crippen molar-refractivity contribution in [1.29, 1.82) is 0 Å². The average molecular weight is 225 g/mol. The molecule has 0 radical (unpaired) electrons. The van der Waals surface area contributed by atoms with E-state index in [1.54, 1.807) is 6.20 Å². The molecular weight excluding hydrogens is 210 g/mol. The van der Waals surface area contributed by atoms with Gasteiger partial charge < -0.3 is 5.11 Å². The zero-order valence-electron chi connectivity index (χ0n) is 9.58. The molecule has 0 saturated heterocycles. The Labute approximate surface area is 101 Å². The largest absolute Gasteiger partial charge is 0.382 e. The number of hydrogen-bond acceptors (Lipinski definition) is 2. The Kier molecular flexibility index (Phi) is 3.68. The number of rotatable bonds is 4. The standard InChI is InChI=1S/C15H15NO/c1-2-7-12-8-3-4-9-13(12)15(17)14-10-5-6-11-16-14/h2-6,8-11,15,17H,1,7H2. The predicted molar refractivity (Wildman–Crippen MR) is 68.6 cm³/mol. The lowest BCUT2D eigenvalue weighted by molar-refractivity contribution is 0.214. The van der Waals surface area contributed by atoms with E-state index in [-0.39, 0.29) is 0 Å². The Morgan fingerprint density at radius 1 is 1.18 bits per heavy atom. The summed E-state index contributed by atoms with van der Waals surface area (Å²) in [4.78, 5) is 4.18. The molecule has 2 heteroatoms. The average Bonchev–Trinajstić information content (AvgIpc) is 2.40. The van der Waals surface area contributed by atoms with Gasteiger partial charge in [0.25, 0.3) is 0 Å². The van der Waals surface area contributed by atoms with E-state index in [1.165, 1.54) is 0 Å². The highest BCUT2D eigenvalue weighted by Gasteiger charge is 2.14. The van der Waals surface area contributed by atoms with Crippen molar-refractivity contribution >= 4 is 0 Å². The lowest BCUT2D eigenvalue weighted by atomic mass is 9.98. The molecule has 0 spiro atoms. The number of nitrogens with zero attached hydrogens (tertiary/aromatic N) is 1. The van der Waals surface area contributed by atoms with Crippen LogP contribution in [0.4, 0.5) is 0 Å². The Morgan fingerprint density at radius 3 is 2.65 bits per heavy atom. The number of aliphatic hydroxyl groups is 1. The van der Waals surface area contributed by atoms with Crippen LogP contribution in [0.25, 0.3) is 0 Å². The molecule has 0 aliphatic carbocycles. The fourth-order valence-corrected chi connectivity index (χ4v) is 1.84. The van der Waals surface area contributed by atoms with E-state index in [9.17, 15) is 5.11 Å². The van der Waals surface area contributed by atoms with Crippen LogP contribution in [0.2, 0.25) is 0 Å². The molecule has 2 rings (SSSR count). The van der Waals surface area contributed by atoms with E-state index < -0.39 is 6.10 Å². The monoisotopic (exact) mass is 225 g/mol. The fourth-order valence-electron chi connectivity index (χ4n) is 1.84. The van der Waals surface area contributed by atoms with Crippen molar-refractivity contribution < 1.29 is 5.11 Å². The molecular formula is C15H15NO. The molecule has 0 aliphatic heterocycles. The maximum Gasteiger partial charge on any atom is 0.121 e. The summed E-state index contributed by atoms with van der Waals surface area (Å²) in [5, 5.41) is 10.3. The van der Waals surface area contributed by atoms with Gasteiger partial charge in [0.05, 0.1) is 5.69 Å². The number of pyridine rings is 1. The van der Waals surface area contributed by atoms with Gasteiger partial charge in [-0.25, -0.2) is 0 Å². The van der Waals surface area contributed by atoms with Crippen LogP contribution in [-0.2, 0) is 6.42 Å². The van der Waals surface area contributed by atoms with Gasteiger partial charge in [-0.2, -0.15) is 0 Å². The molecule has 1 aromatic heterocycles. The number of hydrogen-bond donors (Lipinski definition) is 1. The van der Waals surface area contributed by atoms with Crippen LogP contribution in [0.1, 0.15) is 22.9 Å². The summed E-state index contributed by atoms with van der Waals surface area (Å²) in [6.45, 7) is 3.73. The molecule has 0 bridgehead atoms. The third kappa shape index (κ3) is 2.60. The molecule has 0 fully saturated rings. The Bertz CT molecular complexity index is 493. The maximum atomic E-state index is 10.3. The van der Waals surface area contributed by atoms with E-state index in [4.69, 9.17) is 0 Å². The van der Waals surface area contributed by atoms with Gasteiger partial charge >= 0.3 is 0 Å². The molecule has 0 amide bonds. The summed E-state index contributed by atoms with van der Waals surface area (Å²) >= 11 is 0. The van der Waals surface area contributed by atoms with Gasteiger partial charge in [-0.1, -0.05) is 36.4 Å². The zero-order chi connectivity index (χ0) is 12.1. The molecule has 2 aromatic rings. The first-order valence-electron chi connectivity index (χ1n) is 5.60. The van der Waals surface area contributed by atoms with Gasteiger partial charge in [0, 0.05) is 6.20 Å². The van der Waals surface area contributed by atoms with E-state index in [2.05, 4.69) is 11.6 Å². The van der Waals surface area contributed by atoms with Crippen molar-refractivity contribution in [3.8, 4) is 0 Å². The summed E-state index contributed by atoms with van der Waals surface area (Å²) in [7, 11) is 0. The van der Waals surface area contributed by atoms with Gasteiger partial charge in [-0.05, 0) is 29.7 Å². The van der Waals surface area contributed by atoms with Gasteiger partial charge in [0.1, 0.15) is 6.10 Å². The van der Waals surface area contributed by atoms with Crippen LogP contribution >= 0.6 is 0 Å². The van der Waals surface area contributed by atoms with E-state index in [1.807, 2.05) is 48.5 Å². The molecule has 86 valence electrons. The van der Waals surface area contributed by atoms with Crippen molar-refractivity contribution in [1.82, 2.24) is 4.98 Å². The van der Waals surface area contributed by atoms with Crippen LogP contribution in [0.5, 0.6) is 0 Å². The lowest BCUT2D eigenvalue weighted by Gasteiger charge is -2.14. The number of benzene rings is 1. The number of allylic oxidation sites excluding steroid dienone is 1. The summed E-state index contributed by atoms with van der Waals surface area (Å²) in [5.41, 5.74) is 2.65. The second kappa shape index (κ2) is 5.41. The Hall–Kier alpha value is -1.93. The molecule has 1 N–H and O–H groups in total. The summed E-state index contributed by atoms with van der Waals surface area (Å²) in [6.07, 6.45) is 3.60. The van der Waals surface area contributed by atoms with Crippen LogP contribution < -0.4 is 0 Å². The third-order valence-corrected chi connectivity index (χ3v) is 2.68. The minimum atomic E-state index is -0.674. The fraction of sp³-hybridized carbons (Fsp3) is 0.133. The molecule has 17 heavy (non-hydrogen) atoms. The van der Waals surface area contributed by atoms with Crippen molar-refractivity contribution in [3.63, 3.8) is 0 Å². The third-order valence-electron chi connectivity index (χ3n) is 2.68. The molecule has 1 heterocycles. The van der Waals surface area contributed by atoms with Crippen LogP contribution in [0.15, 0.2) is 61.3 Å². The first-order chi connectivity index (χ1) is 8.33. The molecule has 0 saturated carbocycles. The van der Waals surface area contributed by atoms with Gasteiger partial charge in [0.2, 0.25) is 0 Å². The van der Waals surface area contributed by atoms with Crippen molar-refractivity contribution in [2.24, 2.45) is 0 Å². The zero-order valence-corrected chi connectivity index (χ0v) is 9.58. The van der Waals surface area contributed by atoms with Crippen LogP contribution in [0.3, 0.4) is 0 Å². The number of aromatic nitrogens is 1. The second-order valence-electron chi connectivity index (χ2n) is 3.85. The first-order valence-corrected chi connectivity index (χ1v) is 5.60. The summed E-state index contributed by atoms with van der Waals surface area (Å²) < 4.78 is 0. The molecule has 1 unspecified atom stereocenters. The van der Waals surface area contributed by atoms with Crippen LogP contribution in [0, 0.1) is 0 Å². The van der Waals surface area contributed by atoms with Crippen LogP contribution in [-0.4, -0.2) is 10.1 Å². The minimum absolute atomic E-state index is 0.670. The highest BCUT2D eigenvalue weighted by molar-refractivity contribution is 5.34. The maximum absolute atomic E-state index is 10.3. The van der Waals surface area contributed by atoms with Crippen molar-refractivity contribution in [3.05, 3.63) is 78.1 Å². The minimum Gasteiger partial charge on any atom is -0.382 e. The second-order valence-corrected chi connectivity index (χ2v) is 3.85. The highest BCUT2D eigenvalue weighted by Crippen LogP contribution is 2.23. The Morgan fingerprint density at radius 2 is 1.94 bits per heavy atom. The van der Waals surface area contributed by atoms with Crippen molar-refractivity contribution in [2.45, 2.75) is 12.5 Å². The normalized spacial score (nSPS) is 12.1. The van der Waals surface area contributed by atoms with E-state index in [0.717, 1.165) is 17.5 Å². The van der Waals surface area contributed by atoms with Gasteiger partial charge in [-0.15, -0.1) is 6.58 Å². The topological polar surface area (TPSA) is 33.1 Å². The number of aliphatic hydroxyl groups excluding tert-OH is 1. The molecule has 0 aliphatic rings.